The Labute approximate surface area is 112 Å². The van der Waals surface area contributed by atoms with Crippen LogP contribution < -0.4 is 10.1 Å². The number of halogens is 2. The van der Waals surface area contributed by atoms with Crippen LogP contribution in [-0.4, -0.2) is 12.6 Å². The van der Waals surface area contributed by atoms with Gasteiger partial charge in [0.15, 0.2) is 17.4 Å². The Morgan fingerprint density at radius 2 is 1.79 bits per heavy atom. The second-order valence-electron chi connectivity index (χ2n) is 5.65. The van der Waals surface area contributed by atoms with Crippen LogP contribution in [0, 0.1) is 17.6 Å². The van der Waals surface area contributed by atoms with Crippen molar-refractivity contribution in [3.63, 3.8) is 0 Å². The molecule has 19 heavy (non-hydrogen) atoms. The summed E-state index contributed by atoms with van der Waals surface area (Å²) in [4.78, 5) is 0. The quantitative estimate of drug-likeness (QED) is 0.853. The first-order valence-corrected chi connectivity index (χ1v) is 7.06. The van der Waals surface area contributed by atoms with Gasteiger partial charge in [-0.15, -0.1) is 0 Å². The SMILES string of the molecule is Fc1cc(CNC2CC2)cc(F)c1OCC1CCC1. The molecule has 0 radical (unpaired) electrons. The maximum atomic E-state index is 13.8. The van der Waals surface area contributed by atoms with Crippen LogP contribution in [0.5, 0.6) is 5.75 Å². The van der Waals surface area contributed by atoms with E-state index in [0.29, 0.717) is 30.7 Å². The van der Waals surface area contributed by atoms with Crippen molar-refractivity contribution >= 4 is 0 Å². The average molecular weight is 267 g/mol. The zero-order valence-corrected chi connectivity index (χ0v) is 10.9. The monoisotopic (exact) mass is 267 g/mol. The summed E-state index contributed by atoms with van der Waals surface area (Å²) in [6, 6.07) is 3.27. The third-order valence-corrected chi connectivity index (χ3v) is 3.92. The summed E-state index contributed by atoms with van der Waals surface area (Å²) in [5, 5.41) is 3.24. The van der Waals surface area contributed by atoms with Crippen LogP contribution in [0.3, 0.4) is 0 Å². The molecule has 2 nitrogen and oxygen atoms in total. The molecule has 0 aromatic heterocycles. The lowest BCUT2D eigenvalue weighted by molar-refractivity contribution is 0.170. The molecular formula is C15H19F2NO. The van der Waals surface area contributed by atoms with Gasteiger partial charge in [-0.25, -0.2) is 8.78 Å². The summed E-state index contributed by atoms with van der Waals surface area (Å²) < 4.78 is 33.0. The van der Waals surface area contributed by atoms with Gasteiger partial charge in [0.1, 0.15) is 0 Å². The van der Waals surface area contributed by atoms with Gasteiger partial charge in [-0.3, -0.25) is 0 Å². The number of benzene rings is 1. The molecule has 0 unspecified atom stereocenters. The normalized spacial score (nSPS) is 19.3. The Kier molecular flexibility index (Phi) is 3.69. The van der Waals surface area contributed by atoms with Crippen LogP contribution in [0.15, 0.2) is 12.1 Å². The van der Waals surface area contributed by atoms with Gasteiger partial charge in [-0.2, -0.15) is 0 Å². The van der Waals surface area contributed by atoms with Crippen molar-refractivity contribution in [1.29, 1.82) is 0 Å². The van der Waals surface area contributed by atoms with Gasteiger partial charge in [0.2, 0.25) is 0 Å². The minimum Gasteiger partial charge on any atom is -0.487 e. The molecule has 2 aliphatic rings. The van der Waals surface area contributed by atoms with Crippen molar-refractivity contribution in [2.75, 3.05) is 6.61 Å². The first-order chi connectivity index (χ1) is 9.22. The van der Waals surface area contributed by atoms with Crippen molar-refractivity contribution in [3.8, 4) is 5.75 Å². The zero-order valence-electron chi connectivity index (χ0n) is 10.9. The number of ether oxygens (including phenoxy) is 1. The lowest BCUT2D eigenvalue weighted by Gasteiger charge is -2.25. The van der Waals surface area contributed by atoms with E-state index in [1.165, 1.54) is 18.6 Å². The van der Waals surface area contributed by atoms with Crippen LogP contribution in [0.25, 0.3) is 0 Å². The number of rotatable bonds is 6. The largest absolute Gasteiger partial charge is 0.487 e. The fraction of sp³-hybridized carbons (Fsp3) is 0.600. The molecule has 1 aromatic carbocycles. The Hall–Kier alpha value is -1.16. The number of nitrogens with one attached hydrogen (secondary N) is 1. The Morgan fingerprint density at radius 3 is 2.32 bits per heavy atom. The van der Waals surface area contributed by atoms with Gasteiger partial charge in [0, 0.05) is 12.6 Å². The third-order valence-electron chi connectivity index (χ3n) is 3.92. The van der Waals surface area contributed by atoms with E-state index < -0.39 is 11.6 Å². The molecule has 1 N–H and O–H groups in total. The maximum Gasteiger partial charge on any atom is 0.190 e. The second kappa shape index (κ2) is 5.45. The van der Waals surface area contributed by atoms with Crippen molar-refractivity contribution < 1.29 is 13.5 Å². The molecule has 0 atom stereocenters. The van der Waals surface area contributed by atoms with Gasteiger partial charge < -0.3 is 10.1 Å². The van der Waals surface area contributed by atoms with Gasteiger partial charge in [-0.05, 0) is 49.3 Å². The van der Waals surface area contributed by atoms with E-state index >= 15 is 0 Å². The van der Waals surface area contributed by atoms with Crippen LogP contribution in [0.1, 0.15) is 37.7 Å². The summed E-state index contributed by atoms with van der Waals surface area (Å²) >= 11 is 0. The van der Waals surface area contributed by atoms with Crippen LogP contribution in [-0.2, 0) is 6.54 Å². The van der Waals surface area contributed by atoms with E-state index in [1.54, 1.807) is 0 Å². The molecule has 3 rings (SSSR count). The fourth-order valence-electron chi connectivity index (χ4n) is 2.26. The van der Waals surface area contributed by atoms with Gasteiger partial charge in [-0.1, -0.05) is 6.42 Å². The lowest BCUT2D eigenvalue weighted by atomic mass is 9.86. The van der Waals surface area contributed by atoms with E-state index in [9.17, 15) is 8.78 Å². The van der Waals surface area contributed by atoms with Gasteiger partial charge in [0.25, 0.3) is 0 Å². The van der Waals surface area contributed by atoms with Gasteiger partial charge >= 0.3 is 0 Å². The first-order valence-electron chi connectivity index (χ1n) is 7.06. The van der Waals surface area contributed by atoms with E-state index in [4.69, 9.17) is 4.74 Å². The highest BCUT2D eigenvalue weighted by molar-refractivity contribution is 5.31. The smallest absolute Gasteiger partial charge is 0.190 e. The zero-order chi connectivity index (χ0) is 13.2. The minimum absolute atomic E-state index is 0.220. The number of hydrogen-bond donors (Lipinski definition) is 1. The summed E-state index contributed by atoms with van der Waals surface area (Å²) in [5.74, 6) is -0.934. The van der Waals surface area contributed by atoms with Crippen molar-refractivity contribution in [2.24, 2.45) is 5.92 Å². The van der Waals surface area contributed by atoms with Crippen molar-refractivity contribution in [3.05, 3.63) is 29.3 Å². The standard InChI is InChI=1S/C15H19F2NO/c16-13-6-11(8-18-12-4-5-12)7-14(17)15(13)19-9-10-2-1-3-10/h6-7,10,12,18H,1-5,8-9H2. The van der Waals surface area contributed by atoms with E-state index in [1.807, 2.05) is 0 Å². The first kappa shape index (κ1) is 12.9. The molecule has 4 heteroatoms. The lowest BCUT2D eigenvalue weighted by Crippen LogP contribution is -2.20. The summed E-state index contributed by atoms with van der Waals surface area (Å²) in [5.41, 5.74) is 0.637. The molecule has 0 bridgehead atoms. The fourth-order valence-corrected chi connectivity index (χ4v) is 2.26. The van der Waals surface area contributed by atoms with Crippen molar-refractivity contribution in [1.82, 2.24) is 5.32 Å². The molecule has 104 valence electrons. The third kappa shape index (κ3) is 3.24. The predicted molar refractivity (Wildman–Crippen MR) is 69.1 cm³/mol. The highest BCUT2D eigenvalue weighted by Crippen LogP contribution is 2.29. The molecule has 0 spiro atoms. The van der Waals surface area contributed by atoms with Gasteiger partial charge in [0.05, 0.1) is 6.61 Å². The minimum atomic E-state index is -0.591. The Bertz CT molecular complexity index is 432. The average Bonchev–Trinajstić information content (AvgIpc) is 3.11. The molecule has 1 aromatic rings. The van der Waals surface area contributed by atoms with Crippen LogP contribution in [0.2, 0.25) is 0 Å². The molecule has 2 fully saturated rings. The van der Waals surface area contributed by atoms with Crippen LogP contribution >= 0.6 is 0 Å². The van der Waals surface area contributed by atoms with E-state index in [2.05, 4.69) is 5.32 Å². The molecule has 2 saturated carbocycles. The van der Waals surface area contributed by atoms with E-state index in [-0.39, 0.29) is 5.75 Å². The van der Waals surface area contributed by atoms with Crippen molar-refractivity contribution in [2.45, 2.75) is 44.7 Å². The Morgan fingerprint density at radius 1 is 1.11 bits per heavy atom. The molecule has 0 saturated heterocycles. The summed E-state index contributed by atoms with van der Waals surface area (Å²) in [6.45, 7) is 0.939. The molecule has 0 aliphatic heterocycles. The summed E-state index contributed by atoms with van der Waals surface area (Å²) in [7, 11) is 0. The topological polar surface area (TPSA) is 21.3 Å². The van der Waals surface area contributed by atoms with Crippen LogP contribution in [0.4, 0.5) is 8.78 Å². The molecular weight excluding hydrogens is 248 g/mol. The summed E-state index contributed by atoms with van der Waals surface area (Å²) in [6.07, 6.45) is 5.73. The molecule has 0 amide bonds. The highest BCUT2D eigenvalue weighted by atomic mass is 19.1. The molecule has 0 heterocycles. The highest BCUT2D eigenvalue weighted by Gasteiger charge is 2.22. The second-order valence-corrected chi connectivity index (χ2v) is 5.65. The Balaban J connectivity index is 1.61. The van der Waals surface area contributed by atoms with E-state index in [0.717, 1.165) is 25.7 Å². The molecule has 2 aliphatic carbocycles. The predicted octanol–water partition coefficient (Wildman–Crippen LogP) is 3.40. The number of hydrogen-bond acceptors (Lipinski definition) is 2. The maximum absolute atomic E-state index is 13.8.